The summed E-state index contributed by atoms with van der Waals surface area (Å²) in [7, 11) is 0. The molecule has 0 saturated carbocycles. The fraction of sp³-hybridized carbons (Fsp3) is 0.0455. The van der Waals surface area contributed by atoms with Gasteiger partial charge in [0, 0.05) is 40.9 Å². The minimum Gasteiger partial charge on any atom is -0.326 e. The van der Waals surface area contributed by atoms with Crippen molar-refractivity contribution in [2.24, 2.45) is 0 Å². The summed E-state index contributed by atoms with van der Waals surface area (Å²) in [6.45, 7) is 0. The number of fused-ring (bicyclic) bond motifs is 3. The molecule has 2 aromatic carbocycles. The van der Waals surface area contributed by atoms with Crippen LogP contribution < -0.4 is 10.6 Å². The van der Waals surface area contributed by atoms with Crippen LogP contribution in [0.3, 0.4) is 0 Å². The third-order valence-corrected chi connectivity index (χ3v) is 5.12. The minimum absolute atomic E-state index is 0.00796. The smallest absolute Gasteiger partial charge is 0.247 e. The van der Waals surface area contributed by atoms with Crippen molar-refractivity contribution in [1.29, 1.82) is 0 Å². The van der Waals surface area contributed by atoms with Crippen molar-refractivity contribution in [1.82, 2.24) is 24.6 Å². The molecule has 5 aromatic rings. The fourth-order valence-electron chi connectivity index (χ4n) is 3.72. The van der Waals surface area contributed by atoms with Gasteiger partial charge in [-0.05, 0) is 35.9 Å². The fourth-order valence-corrected chi connectivity index (χ4v) is 3.72. The average Bonchev–Trinajstić information content (AvgIpc) is 3.34. The average molecular weight is 393 g/mol. The van der Waals surface area contributed by atoms with Gasteiger partial charge in [0.25, 0.3) is 0 Å². The lowest BCUT2D eigenvalue weighted by Gasteiger charge is -2.04. The van der Waals surface area contributed by atoms with Crippen LogP contribution in [0.4, 0.5) is 17.3 Å². The molecule has 1 aliphatic rings. The molecule has 0 saturated heterocycles. The van der Waals surface area contributed by atoms with Crippen molar-refractivity contribution in [2.75, 3.05) is 10.6 Å². The number of anilines is 3. The third-order valence-electron chi connectivity index (χ3n) is 5.12. The highest BCUT2D eigenvalue weighted by Crippen LogP contribution is 2.28. The highest BCUT2D eigenvalue weighted by Gasteiger charge is 2.18. The lowest BCUT2D eigenvalue weighted by molar-refractivity contribution is -0.115. The molecule has 1 aliphatic heterocycles. The largest absolute Gasteiger partial charge is 0.326 e. The molecule has 8 heteroatoms. The number of carbonyl (C=O) groups excluding carboxylic acids is 1. The standard InChI is InChI=1S/C22H15N7O/c30-19-12-15-10-16(5-6-17(15)26-19)25-22-27-21-20(24-8-9-29(21)28-22)14-4-3-13-2-1-7-23-18(13)11-14/h1-11H,12H2,(H,25,28)(H,26,30). The zero-order valence-corrected chi connectivity index (χ0v) is 15.7. The molecule has 30 heavy (non-hydrogen) atoms. The maximum Gasteiger partial charge on any atom is 0.247 e. The van der Waals surface area contributed by atoms with E-state index in [1.54, 1.807) is 23.1 Å². The lowest BCUT2D eigenvalue weighted by atomic mass is 10.1. The molecule has 2 N–H and O–H groups in total. The van der Waals surface area contributed by atoms with E-state index in [4.69, 9.17) is 0 Å². The Morgan fingerprint density at radius 2 is 2.00 bits per heavy atom. The van der Waals surface area contributed by atoms with Crippen LogP contribution in [0.5, 0.6) is 0 Å². The summed E-state index contributed by atoms with van der Waals surface area (Å²) in [5, 5.41) is 11.6. The molecule has 0 bridgehead atoms. The zero-order valence-electron chi connectivity index (χ0n) is 15.7. The van der Waals surface area contributed by atoms with Gasteiger partial charge in [0.05, 0.1) is 11.9 Å². The van der Waals surface area contributed by atoms with Crippen LogP contribution in [-0.2, 0) is 11.2 Å². The number of benzene rings is 2. The Labute approximate surface area is 170 Å². The highest BCUT2D eigenvalue weighted by molar-refractivity contribution is 5.99. The van der Waals surface area contributed by atoms with Gasteiger partial charge in [-0.1, -0.05) is 18.2 Å². The van der Waals surface area contributed by atoms with Gasteiger partial charge in [0.1, 0.15) is 5.69 Å². The summed E-state index contributed by atoms with van der Waals surface area (Å²) in [4.78, 5) is 25.2. The summed E-state index contributed by atoms with van der Waals surface area (Å²) in [6, 6.07) is 15.7. The molecule has 4 heterocycles. The SMILES string of the molecule is O=C1Cc2cc(Nc3nc4c(-c5ccc6cccnc6c5)nccn4n3)ccc2N1. The van der Waals surface area contributed by atoms with Gasteiger partial charge >= 0.3 is 0 Å². The van der Waals surface area contributed by atoms with E-state index in [1.165, 1.54) is 0 Å². The Morgan fingerprint density at radius 1 is 1.03 bits per heavy atom. The number of hydrogen-bond donors (Lipinski definition) is 2. The maximum absolute atomic E-state index is 11.6. The van der Waals surface area contributed by atoms with Crippen LogP contribution in [0.25, 0.3) is 27.8 Å². The van der Waals surface area contributed by atoms with Gasteiger partial charge in [-0.2, -0.15) is 4.98 Å². The number of rotatable bonds is 3. The first-order valence-electron chi connectivity index (χ1n) is 9.49. The van der Waals surface area contributed by atoms with Gasteiger partial charge in [0.15, 0.2) is 5.65 Å². The van der Waals surface area contributed by atoms with Crippen molar-refractivity contribution in [2.45, 2.75) is 6.42 Å². The molecule has 8 nitrogen and oxygen atoms in total. The van der Waals surface area contributed by atoms with Crippen LogP contribution in [0.15, 0.2) is 67.1 Å². The molecule has 144 valence electrons. The number of aromatic nitrogens is 5. The zero-order chi connectivity index (χ0) is 20.1. The Morgan fingerprint density at radius 3 is 2.97 bits per heavy atom. The van der Waals surface area contributed by atoms with Crippen molar-refractivity contribution in [3.63, 3.8) is 0 Å². The van der Waals surface area contributed by atoms with Crippen LogP contribution in [0, 0.1) is 0 Å². The second-order valence-corrected chi connectivity index (χ2v) is 7.11. The van der Waals surface area contributed by atoms with Gasteiger partial charge in [-0.25, -0.2) is 4.52 Å². The van der Waals surface area contributed by atoms with Crippen LogP contribution in [0.1, 0.15) is 5.56 Å². The molecule has 6 rings (SSSR count). The number of nitrogens with zero attached hydrogens (tertiary/aromatic N) is 5. The molecular weight excluding hydrogens is 378 g/mol. The minimum atomic E-state index is 0.00796. The number of amides is 1. The first kappa shape index (κ1) is 16.6. The van der Waals surface area contributed by atoms with Crippen molar-refractivity contribution in [3.05, 3.63) is 72.7 Å². The van der Waals surface area contributed by atoms with Crippen LogP contribution in [-0.4, -0.2) is 30.5 Å². The van der Waals surface area contributed by atoms with Crippen LogP contribution >= 0.6 is 0 Å². The first-order chi connectivity index (χ1) is 14.7. The molecule has 0 unspecified atom stereocenters. The Hall–Kier alpha value is -4.33. The topological polar surface area (TPSA) is 97.1 Å². The van der Waals surface area contributed by atoms with Crippen molar-refractivity contribution < 1.29 is 4.79 Å². The van der Waals surface area contributed by atoms with Crippen molar-refractivity contribution >= 4 is 39.8 Å². The van der Waals surface area contributed by atoms with Gasteiger partial charge in [-0.15, -0.1) is 5.10 Å². The Bertz CT molecular complexity index is 1460. The van der Waals surface area contributed by atoms with E-state index in [-0.39, 0.29) is 5.91 Å². The molecular formula is C22H15N7O. The first-order valence-corrected chi connectivity index (χ1v) is 9.49. The maximum atomic E-state index is 11.6. The van der Waals surface area contributed by atoms with E-state index in [1.807, 2.05) is 48.5 Å². The Balaban J connectivity index is 1.38. The van der Waals surface area contributed by atoms with E-state index in [9.17, 15) is 4.79 Å². The van der Waals surface area contributed by atoms with E-state index < -0.39 is 0 Å². The normalized spacial score (nSPS) is 12.9. The summed E-state index contributed by atoms with van der Waals surface area (Å²) in [6.07, 6.45) is 5.63. The Kier molecular flexibility index (Phi) is 3.51. The number of hydrogen-bond acceptors (Lipinski definition) is 6. The van der Waals surface area contributed by atoms with E-state index >= 15 is 0 Å². The van der Waals surface area contributed by atoms with Crippen molar-refractivity contribution in [3.8, 4) is 11.3 Å². The number of nitrogens with one attached hydrogen (secondary N) is 2. The van der Waals surface area contributed by atoms with E-state index in [0.29, 0.717) is 18.0 Å². The predicted octanol–water partition coefficient (Wildman–Crippen LogP) is 3.58. The van der Waals surface area contributed by atoms with E-state index in [2.05, 4.69) is 30.7 Å². The number of pyridine rings is 1. The molecule has 0 radical (unpaired) electrons. The second-order valence-electron chi connectivity index (χ2n) is 7.11. The molecule has 1 amide bonds. The monoisotopic (exact) mass is 393 g/mol. The van der Waals surface area contributed by atoms with E-state index in [0.717, 1.165) is 39.1 Å². The summed E-state index contributed by atoms with van der Waals surface area (Å²) >= 11 is 0. The lowest BCUT2D eigenvalue weighted by Crippen LogP contribution is -2.03. The van der Waals surface area contributed by atoms with Crippen LogP contribution in [0.2, 0.25) is 0 Å². The summed E-state index contributed by atoms with van der Waals surface area (Å²) in [5.41, 5.74) is 5.84. The third kappa shape index (κ3) is 2.74. The molecule has 0 atom stereocenters. The molecule has 3 aromatic heterocycles. The molecule has 0 aliphatic carbocycles. The number of carbonyl (C=O) groups is 1. The molecule has 0 fully saturated rings. The molecule has 0 spiro atoms. The quantitative estimate of drug-likeness (QED) is 0.486. The van der Waals surface area contributed by atoms with Gasteiger partial charge < -0.3 is 10.6 Å². The predicted molar refractivity (Wildman–Crippen MR) is 114 cm³/mol. The summed E-state index contributed by atoms with van der Waals surface area (Å²) < 4.78 is 1.70. The summed E-state index contributed by atoms with van der Waals surface area (Å²) in [5.74, 6) is 0.467. The second kappa shape index (κ2) is 6.35. The highest BCUT2D eigenvalue weighted by atomic mass is 16.1. The van der Waals surface area contributed by atoms with Gasteiger partial charge in [-0.3, -0.25) is 14.8 Å². The van der Waals surface area contributed by atoms with Gasteiger partial charge in [0.2, 0.25) is 11.9 Å².